The largest absolute Gasteiger partial charge is 1.00 e. The first-order valence-electron chi connectivity index (χ1n) is 17.1. The summed E-state index contributed by atoms with van der Waals surface area (Å²) in [4.78, 5) is 0. The van der Waals surface area contributed by atoms with Crippen molar-refractivity contribution in [1.29, 1.82) is 0 Å². The van der Waals surface area contributed by atoms with Crippen molar-refractivity contribution in [2.24, 2.45) is 5.41 Å². The van der Waals surface area contributed by atoms with Gasteiger partial charge in [0.15, 0.2) is 0 Å². The van der Waals surface area contributed by atoms with E-state index in [0.717, 1.165) is 19.3 Å². The molecular formula is C44H50Cl2Zr. The summed E-state index contributed by atoms with van der Waals surface area (Å²) in [5.41, 5.74) is 18.6. The number of hydrogen-bond acceptors (Lipinski definition) is 0. The van der Waals surface area contributed by atoms with Crippen LogP contribution in [0.25, 0.3) is 22.3 Å². The van der Waals surface area contributed by atoms with E-state index in [9.17, 15) is 0 Å². The third-order valence-electron chi connectivity index (χ3n) is 11.4. The van der Waals surface area contributed by atoms with E-state index in [2.05, 4.69) is 148 Å². The summed E-state index contributed by atoms with van der Waals surface area (Å²) in [6, 6.07) is 22.0. The molecule has 4 aliphatic rings. The van der Waals surface area contributed by atoms with Gasteiger partial charge in [0.2, 0.25) is 0 Å². The van der Waals surface area contributed by atoms with E-state index in [1.54, 1.807) is 28.7 Å². The fourth-order valence-electron chi connectivity index (χ4n) is 8.41. The van der Waals surface area contributed by atoms with Crippen LogP contribution in [0.4, 0.5) is 0 Å². The molecule has 0 aromatic heterocycles. The molecule has 4 aliphatic carbocycles. The normalized spacial score (nSPS) is 19.0. The average molecular weight is 741 g/mol. The van der Waals surface area contributed by atoms with Crippen molar-refractivity contribution in [3.8, 4) is 11.1 Å². The zero-order valence-corrected chi connectivity index (χ0v) is 33.9. The first-order chi connectivity index (χ1) is 21.2. The Kier molecular flexibility index (Phi) is 9.78. The van der Waals surface area contributed by atoms with Gasteiger partial charge in [0, 0.05) is 0 Å². The Morgan fingerprint density at radius 2 is 1.19 bits per heavy atom. The molecule has 0 fully saturated rings. The third-order valence-corrected chi connectivity index (χ3v) is 19.6. The molecule has 0 radical (unpaired) electrons. The molecule has 3 heteroatoms. The van der Waals surface area contributed by atoms with Gasteiger partial charge in [-0.15, -0.1) is 0 Å². The maximum absolute atomic E-state index is 2.70. The summed E-state index contributed by atoms with van der Waals surface area (Å²) in [6.45, 7) is 24.1. The number of halogens is 2. The van der Waals surface area contributed by atoms with Crippen molar-refractivity contribution in [3.05, 3.63) is 127 Å². The van der Waals surface area contributed by atoms with Gasteiger partial charge in [0.1, 0.15) is 0 Å². The predicted molar refractivity (Wildman–Crippen MR) is 193 cm³/mol. The van der Waals surface area contributed by atoms with Gasteiger partial charge in [0.05, 0.1) is 0 Å². The van der Waals surface area contributed by atoms with Gasteiger partial charge in [-0.1, -0.05) is 0 Å². The molecule has 0 saturated carbocycles. The average Bonchev–Trinajstić information content (AvgIpc) is 3.61. The van der Waals surface area contributed by atoms with E-state index < -0.39 is 21.3 Å². The Morgan fingerprint density at radius 3 is 1.64 bits per heavy atom. The summed E-state index contributed by atoms with van der Waals surface area (Å²) in [6.07, 6.45) is 13.5. The molecule has 0 nitrogen and oxygen atoms in total. The molecule has 0 spiro atoms. The van der Waals surface area contributed by atoms with Gasteiger partial charge in [-0.25, -0.2) is 0 Å². The maximum Gasteiger partial charge on any atom is -1.00 e. The van der Waals surface area contributed by atoms with Crippen LogP contribution < -0.4 is 24.8 Å². The van der Waals surface area contributed by atoms with Crippen LogP contribution in [-0.2, 0) is 32.1 Å². The molecule has 0 aliphatic heterocycles. The van der Waals surface area contributed by atoms with E-state index in [4.69, 9.17) is 0 Å². The minimum atomic E-state index is -2.58. The van der Waals surface area contributed by atoms with Gasteiger partial charge < -0.3 is 24.8 Å². The Hall–Kier alpha value is -2.05. The molecule has 0 bridgehead atoms. The van der Waals surface area contributed by atoms with Crippen LogP contribution in [0.5, 0.6) is 0 Å². The van der Waals surface area contributed by atoms with Crippen LogP contribution in [0.15, 0.2) is 87.8 Å². The number of allylic oxidation sites excluding steroid dienone is 8. The van der Waals surface area contributed by atoms with Crippen molar-refractivity contribution >= 4 is 14.4 Å². The van der Waals surface area contributed by atoms with Gasteiger partial charge in [0.25, 0.3) is 0 Å². The van der Waals surface area contributed by atoms with E-state index in [-0.39, 0.29) is 41.1 Å². The van der Waals surface area contributed by atoms with Gasteiger partial charge in [-0.05, 0) is 0 Å². The van der Waals surface area contributed by atoms with Crippen LogP contribution in [-0.4, -0.2) is 3.21 Å². The van der Waals surface area contributed by atoms with Crippen molar-refractivity contribution in [1.82, 2.24) is 0 Å². The molecule has 0 heterocycles. The smallest absolute Gasteiger partial charge is 1.00 e. The zero-order chi connectivity index (χ0) is 32.1. The summed E-state index contributed by atoms with van der Waals surface area (Å²) in [5.74, 6) is 0. The van der Waals surface area contributed by atoms with E-state index in [1.165, 1.54) is 44.5 Å². The number of rotatable bonds is 3. The quantitative estimate of drug-likeness (QED) is 0.307. The summed E-state index contributed by atoms with van der Waals surface area (Å²) in [7, 11) is 0. The van der Waals surface area contributed by atoms with Crippen molar-refractivity contribution in [3.63, 3.8) is 0 Å². The maximum atomic E-state index is 2.70. The van der Waals surface area contributed by atoms with Crippen LogP contribution >= 0.6 is 0 Å². The standard InChI is InChI=1S/C27H29.C9H13.C8H8.2ClH.Zr/c1-16-7-9-26(3,4)24-12-18-11-19-13-25-21(17(2)8-10-27(25,5)6)15-23(19)22(18)14-20(16)24;1-9(2,3)8-6-4-5-7-8;1-2-8-6-4-3-5-7-8;;;/h7-8,11-15H,9-10H2,1-6H3;6-7H,4H2,1-3H3;3-7H,1H3;2*1H;/q;;;;;+2/p-2. The van der Waals surface area contributed by atoms with Gasteiger partial charge in [-0.2, -0.15) is 0 Å². The molecule has 0 amide bonds. The second-order valence-corrected chi connectivity index (χ2v) is 23.4. The molecule has 3 aromatic rings. The van der Waals surface area contributed by atoms with E-state index in [0.29, 0.717) is 3.63 Å². The van der Waals surface area contributed by atoms with Crippen molar-refractivity contribution < 1.29 is 46.1 Å². The van der Waals surface area contributed by atoms with Crippen molar-refractivity contribution in [2.45, 2.75) is 103 Å². The first-order valence-corrected chi connectivity index (χ1v) is 20.9. The zero-order valence-electron chi connectivity index (χ0n) is 30.0. The fraction of sp³-hybridized carbons (Fsp3) is 0.386. The Morgan fingerprint density at radius 1 is 0.702 bits per heavy atom. The minimum Gasteiger partial charge on any atom is -1.00 e. The second kappa shape index (κ2) is 12.7. The predicted octanol–water partition coefficient (Wildman–Crippen LogP) is 6.05. The SMILES string of the molecule is CC1=CCC(C)(C)c2cc3c(cc21)-c1cc2c(cc1[CH]3/[Zr+2]([C]1=CC(C(C)(C)C)=CC1)=[C](\C)c1ccccc1)C(C)(C)CC=C2C.[Cl-].[Cl-]. The molecule has 7 rings (SSSR count). The molecule has 0 N–H and O–H groups in total. The summed E-state index contributed by atoms with van der Waals surface area (Å²) >= 11 is -2.58. The number of hydrogen-bond donors (Lipinski definition) is 0. The second-order valence-electron chi connectivity index (χ2n) is 16.5. The Labute approximate surface area is 304 Å². The molecule has 47 heavy (non-hydrogen) atoms. The number of fused-ring (bicyclic) bond motifs is 5. The molecule has 0 saturated heterocycles. The van der Waals surface area contributed by atoms with E-state index in [1.807, 2.05) is 0 Å². The number of benzene rings is 3. The molecule has 0 atom stereocenters. The van der Waals surface area contributed by atoms with Crippen LogP contribution in [0.3, 0.4) is 0 Å². The molecular weight excluding hydrogens is 691 g/mol. The molecule has 3 aromatic carbocycles. The van der Waals surface area contributed by atoms with Crippen LogP contribution in [0.2, 0.25) is 0 Å². The third kappa shape index (κ3) is 6.06. The van der Waals surface area contributed by atoms with Gasteiger partial charge in [-0.3, -0.25) is 0 Å². The Bertz CT molecular complexity index is 1830. The first kappa shape index (κ1) is 36.2. The van der Waals surface area contributed by atoms with E-state index >= 15 is 0 Å². The minimum absolute atomic E-state index is 0. The molecule has 0 unspecified atom stereocenters. The van der Waals surface area contributed by atoms with Crippen molar-refractivity contribution in [2.75, 3.05) is 0 Å². The van der Waals surface area contributed by atoms with Crippen LogP contribution in [0.1, 0.15) is 131 Å². The molecule has 244 valence electrons. The monoisotopic (exact) mass is 738 g/mol. The Balaban J connectivity index is 0.00000217. The summed E-state index contributed by atoms with van der Waals surface area (Å²) < 4.78 is 3.91. The summed E-state index contributed by atoms with van der Waals surface area (Å²) in [5, 5.41) is 0. The topological polar surface area (TPSA) is 0 Å². The fourth-order valence-corrected chi connectivity index (χ4v) is 17.0. The van der Waals surface area contributed by atoms with Crippen LogP contribution in [0, 0.1) is 5.41 Å². The van der Waals surface area contributed by atoms with Gasteiger partial charge >= 0.3 is 282 Å².